The largest absolute Gasteiger partial charge is 0.493 e. The van der Waals surface area contributed by atoms with Crippen molar-refractivity contribution in [3.8, 4) is 11.6 Å². The third-order valence-corrected chi connectivity index (χ3v) is 2.91. The van der Waals surface area contributed by atoms with Crippen LogP contribution >= 0.6 is 0 Å². The van der Waals surface area contributed by atoms with E-state index in [2.05, 4.69) is 9.98 Å². The molecule has 0 aliphatic heterocycles. The molecule has 0 amide bonds. The fourth-order valence-electron chi connectivity index (χ4n) is 1.81. The molecule has 6 heteroatoms. The Balaban J connectivity index is 2.67. The van der Waals surface area contributed by atoms with Gasteiger partial charge in [-0.1, -0.05) is 17.7 Å². The van der Waals surface area contributed by atoms with Crippen LogP contribution in [0.5, 0.6) is 5.88 Å². The molecule has 1 heterocycles. The highest BCUT2D eigenvalue weighted by Crippen LogP contribution is 2.15. The summed E-state index contributed by atoms with van der Waals surface area (Å²) >= 11 is 0. The summed E-state index contributed by atoms with van der Waals surface area (Å²) < 4.78 is 1.04. The molecule has 0 radical (unpaired) electrons. The Kier molecular flexibility index (Phi) is 4.07. The van der Waals surface area contributed by atoms with E-state index in [0.717, 1.165) is 10.1 Å². The summed E-state index contributed by atoms with van der Waals surface area (Å²) in [5.74, 6) is -0.419. The number of aromatic nitrogens is 2. The Labute approximate surface area is 121 Å². The number of hydrogen-bond acceptors (Lipinski definition) is 4. The second-order valence-corrected chi connectivity index (χ2v) is 5.04. The highest BCUT2D eigenvalue weighted by molar-refractivity contribution is 5.82. The van der Waals surface area contributed by atoms with Crippen molar-refractivity contribution in [2.75, 3.05) is 0 Å². The predicted molar refractivity (Wildman–Crippen MR) is 81.8 cm³/mol. The van der Waals surface area contributed by atoms with Crippen molar-refractivity contribution >= 4 is 6.21 Å². The Hall–Kier alpha value is -2.63. The monoisotopic (exact) mass is 287 g/mol. The maximum Gasteiger partial charge on any atom is 0.335 e. The highest BCUT2D eigenvalue weighted by Gasteiger charge is 2.14. The molecule has 0 fully saturated rings. The minimum absolute atomic E-state index is 0.0245. The summed E-state index contributed by atoms with van der Waals surface area (Å²) in [6, 6.07) is 6.99. The van der Waals surface area contributed by atoms with E-state index in [4.69, 9.17) is 0 Å². The quantitative estimate of drug-likeness (QED) is 0.836. The molecule has 0 spiro atoms. The van der Waals surface area contributed by atoms with E-state index in [9.17, 15) is 14.7 Å². The van der Waals surface area contributed by atoms with E-state index in [1.165, 1.54) is 6.21 Å². The molecule has 110 valence electrons. The first-order chi connectivity index (χ1) is 9.90. The Morgan fingerprint density at radius 1 is 1.24 bits per heavy atom. The molecule has 0 atom stereocenters. The normalized spacial score (nSPS) is 11.4. The molecule has 0 saturated carbocycles. The molecular weight excluding hydrogens is 270 g/mol. The van der Waals surface area contributed by atoms with Crippen LogP contribution < -0.4 is 11.2 Å². The first-order valence-corrected chi connectivity index (χ1v) is 6.58. The lowest BCUT2D eigenvalue weighted by Crippen LogP contribution is -2.31. The molecule has 0 aliphatic rings. The molecule has 1 aromatic heterocycles. The first-order valence-electron chi connectivity index (χ1n) is 6.58. The van der Waals surface area contributed by atoms with Crippen LogP contribution in [-0.4, -0.2) is 26.9 Å². The van der Waals surface area contributed by atoms with E-state index < -0.39 is 17.1 Å². The standard InChI is InChI=1S/C15H17N3O3/c1-9(2)16-8-12-13(19)17-15(21)18(14(12)20)11-6-4-10(3)5-7-11/h4-9,20H,1-3H3,(H,17,19,21). The molecule has 2 N–H and O–H groups in total. The number of aromatic amines is 1. The summed E-state index contributed by atoms with van der Waals surface area (Å²) in [5.41, 5.74) is 0.105. The van der Waals surface area contributed by atoms with Gasteiger partial charge in [0, 0.05) is 12.3 Å². The molecule has 0 saturated heterocycles. The van der Waals surface area contributed by atoms with E-state index >= 15 is 0 Å². The Bertz CT molecular complexity index is 783. The molecule has 1 aromatic carbocycles. The van der Waals surface area contributed by atoms with E-state index in [1.807, 2.05) is 32.9 Å². The number of benzene rings is 1. The second-order valence-electron chi connectivity index (χ2n) is 5.04. The van der Waals surface area contributed by atoms with Gasteiger partial charge >= 0.3 is 5.69 Å². The molecule has 2 aromatic rings. The van der Waals surface area contributed by atoms with Gasteiger partial charge in [-0.25, -0.2) is 9.36 Å². The number of hydrogen-bond donors (Lipinski definition) is 2. The van der Waals surface area contributed by atoms with Crippen molar-refractivity contribution in [2.45, 2.75) is 26.8 Å². The van der Waals surface area contributed by atoms with Gasteiger partial charge in [0.1, 0.15) is 5.56 Å². The molecule has 0 bridgehead atoms. The zero-order valence-corrected chi connectivity index (χ0v) is 12.1. The van der Waals surface area contributed by atoms with Gasteiger partial charge in [-0.15, -0.1) is 0 Å². The zero-order valence-electron chi connectivity index (χ0n) is 12.1. The minimum Gasteiger partial charge on any atom is -0.493 e. The lowest BCUT2D eigenvalue weighted by molar-refractivity contribution is 0.430. The van der Waals surface area contributed by atoms with Gasteiger partial charge in [-0.2, -0.15) is 0 Å². The molecule has 0 aliphatic carbocycles. The van der Waals surface area contributed by atoms with Crippen molar-refractivity contribution in [3.05, 3.63) is 56.2 Å². The first kappa shape index (κ1) is 14.8. The van der Waals surface area contributed by atoms with Crippen LogP contribution in [0.4, 0.5) is 0 Å². The molecule has 6 nitrogen and oxygen atoms in total. The average molecular weight is 287 g/mol. The maximum atomic E-state index is 11.9. The van der Waals surface area contributed by atoms with Gasteiger partial charge in [-0.3, -0.25) is 14.8 Å². The summed E-state index contributed by atoms with van der Waals surface area (Å²) in [4.78, 5) is 30.0. The number of aromatic hydroxyl groups is 1. The lowest BCUT2D eigenvalue weighted by atomic mass is 10.2. The summed E-state index contributed by atoms with van der Waals surface area (Å²) in [5, 5.41) is 10.2. The van der Waals surface area contributed by atoms with Gasteiger partial charge in [0.15, 0.2) is 0 Å². The topological polar surface area (TPSA) is 87.4 Å². The fraction of sp³-hybridized carbons (Fsp3) is 0.267. The van der Waals surface area contributed by atoms with Gasteiger partial charge in [0.05, 0.1) is 5.69 Å². The van der Waals surface area contributed by atoms with Gasteiger partial charge < -0.3 is 5.11 Å². The van der Waals surface area contributed by atoms with Crippen molar-refractivity contribution in [1.29, 1.82) is 0 Å². The van der Waals surface area contributed by atoms with Gasteiger partial charge in [0.25, 0.3) is 5.56 Å². The third kappa shape index (κ3) is 3.10. The number of nitrogens with zero attached hydrogens (tertiary/aromatic N) is 2. The highest BCUT2D eigenvalue weighted by atomic mass is 16.3. The van der Waals surface area contributed by atoms with Gasteiger partial charge in [0.2, 0.25) is 5.88 Å². The van der Waals surface area contributed by atoms with Crippen LogP contribution in [-0.2, 0) is 0 Å². The number of H-pyrrole nitrogens is 1. The summed E-state index contributed by atoms with van der Waals surface area (Å²) in [7, 11) is 0. The Morgan fingerprint density at radius 2 is 1.86 bits per heavy atom. The van der Waals surface area contributed by atoms with Crippen molar-refractivity contribution in [1.82, 2.24) is 9.55 Å². The lowest BCUT2D eigenvalue weighted by Gasteiger charge is -2.09. The van der Waals surface area contributed by atoms with Crippen molar-refractivity contribution in [3.63, 3.8) is 0 Å². The summed E-state index contributed by atoms with van der Waals surface area (Å²) in [6.45, 7) is 5.61. The Morgan fingerprint density at radius 3 is 2.43 bits per heavy atom. The molecule has 0 unspecified atom stereocenters. The maximum absolute atomic E-state index is 11.9. The molecular formula is C15H17N3O3. The summed E-state index contributed by atoms with van der Waals surface area (Å²) in [6.07, 6.45) is 1.28. The molecule has 2 rings (SSSR count). The van der Waals surface area contributed by atoms with Crippen LogP contribution in [0.15, 0.2) is 38.8 Å². The number of aliphatic imine (C=N–C) groups is 1. The zero-order chi connectivity index (χ0) is 15.6. The average Bonchev–Trinajstić information content (AvgIpc) is 2.40. The van der Waals surface area contributed by atoms with E-state index in [-0.39, 0.29) is 11.6 Å². The van der Waals surface area contributed by atoms with Crippen LogP contribution in [0.3, 0.4) is 0 Å². The molecule has 21 heavy (non-hydrogen) atoms. The smallest absolute Gasteiger partial charge is 0.335 e. The van der Waals surface area contributed by atoms with Crippen LogP contribution in [0, 0.1) is 6.92 Å². The van der Waals surface area contributed by atoms with Crippen LogP contribution in [0.1, 0.15) is 25.0 Å². The van der Waals surface area contributed by atoms with Crippen LogP contribution in [0.25, 0.3) is 5.69 Å². The third-order valence-electron chi connectivity index (χ3n) is 2.91. The van der Waals surface area contributed by atoms with Crippen molar-refractivity contribution in [2.24, 2.45) is 4.99 Å². The number of nitrogens with one attached hydrogen (secondary N) is 1. The second kappa shape index (κ2) is 5.78. The van der Waals surface area contributed by atoms with E-state index in [0.29, 0.717) is 5.69 Å². The van der Waals surface area contributed by atoms with Crippen LogP contribution in [0.2, 0.25) is 0 Å². The number of rotatable bonds is 3. The number of aryl methyl sites for hydroxylation is 1. The fourth-order valence-corrected chi connectivity index (χ4v) is 1.81. The van der Waals surface area contributed by atoms with Gasteiger partial charge in [-0.05, 0) is 32.9 Å². The SMILES string of the molecule is Cc1ccc(-n2c(O)c(C=NC(C)C)c(=O)[nH]c2=O)cc1. The predicted octanol–water partition coefficient (Wildman–Crippen LogP) is 1.37. The minimum atomic E-state index is -0.692. The van der Waals surface area contributed by atoms with Crippen molar-refractivity contribution < 1.29 is 5.11 Å². The van der Waals surface area contributed by atoms with E-state index in [1.54, 1.807) is 12.1 Å².